The third-order valence-corrected chi connectivity index (χ3v) is 6.31. The molecule has 1 unspecified atom stereocenters. The van der Waals surface area contributed by atoms with Crippen LogP contribution in [0.3, 0.4) is 0 Å². The Hall–Kier alpha value is -1.23. The molecule has 0 amide bonds. The molecule has 30 heavy (non-hydrogen) atoms. The summed E-state index contributed by atoms with van der Waals surface area (Å²) in [5.41, 5.74) is -0.169. The normalized spacial score (nSPS) is 13.2. The van der Waals surface area contributed by atoms with Crippen molar-refractivity contribution in [2.45, 2.75) is 78.2 Å². The molecule has 1 rings (SSSR count). The lowest BCUT2D eigenvalue weighted by Crippen LogP contribution is -2.29. The fourth-order valence-corrected chi connectivity index (χ4v) is 3.48. The van der Waals surface area contributed by atoms with Crippen LogP contribution in [0.5, 0.6) is 0 Å². The number of hydrogen-bond acceptors (Lipinski definition) is 7. The van der Waals surface area contributed by atoms with Crippen molar-refractivity contribution >= 4 is 35.7 Å². The molecule has 10 heteroatoms. The lowest BCUT2D eigenvalue weighted by atomic mass is 10.2. The molecule has 1 aromatic heterocycles. The van der Waals surface area contributed by atoms with E-state index in [0.29, 0.717) is 23.4 Å². The van der Waals surface area contributed by atoms with Gasteiger partial charge in [0.25, 0.3) is 5.56 Å². The molecule has 1 atom stereocenters. The van der Waals surface area contributed by atoms with Crippen LogP contribution in [0.25, 0.3) is 0 Å². The molecule has 0 spiro atoms. The van der Waals surface area contributed by atoms with Crippen LogP contribution in [0.15, 0.2) is 15.5 Å². The second-order valence-electron chi connectivity index (χ2n) is 9.48. The minimum atomic E-state index is -1.17. The van der Waals surface area contributed by atoms with Gasteiger partial charge in [-0.25, -0.2) is 4.68 Å². The lowest BCUT2D eigenvalue weighted by molar-refractivity contribution is -0.156. The number of rotatable bonds is 12. The van der Waals surface area contributed by atoms with Gasteiger partial charge in [-0.2, -0.15) is 5.10 Å². The molecule has 172 valence electrons. The molecule has 0 fully saturated rings. The summed E-state index contributed by atoms with van der Waals surface area (Å²) in [7, 11) is -1.17. The zero-order chi connectivity index (χ0) is 22.9. The minimum Gasteiger partial charge on any atom is -0.460 e. The van der Waals surface area contributed by atoms with Gasteiger partial charge >= 0.3 is 5.97 Å². The third kappa shape index (κ3) is 11.2. The summed E-state index contributed by atoms with van der Waals surface area (Å²) in [5, 5.41) is 7.37. The standard InChI is InChI=1S/C20H36BrN3O5Si/c1-15(13-27-9-8-17(25)29-20(2,3)4)23-16-12-22-24(19(26)18(16)21)14-28-10-11-30(5,6)7/h12,15,23H,8-11,13-14H2,1-7H3. The molecule has 0 bridgehead atoms. The lowest BCUT2D eigenvalue weighted by Gasteiger charge is -2.20. The second kappa shape index (κ2) is 12.0. The molecule has 1 aromatic rings. The molecule has 8 nitrogen and oxygen atoms in total. The summed E-state index contributed by atoms with van der Waals surface area (Å²) in [4.78, 5) is 24.1. The van der Waals surface area contributed by atoms with Crippen molar-refractivity contribution in [3.8, 4) is 0 Å². The Bertz CT molecular complexity index is 743. The summed E-state index contributed by atoms with van der Waals surface area (Å²) in [6.07, 6.45) is 1.79. The maximum Gasteiger partial charge on any atom is 0.308 e. The summed E-state index contributed by atoms with van der Waals surface area (Å²) in [5.74, 6) is -0.286. The van der Waals surface area contributed by atoms with Crippen molar-refractivity contribution in [1.29, 1.82) is 0 Å². The van der Waals surface area contributed by atoms with E-state index in [1.54, 1.807) is 6.20 Å². The van der Waals surface area contributed by atoms with Crippen LogP contribution in [-0.4, -0.2) is 55.3 Å². The van der Waals surface area contributed by atoms with Gasteiger partial charge in [0.2, 0.25) is 0 Å². The van der Waals surface area contributed by atoms with Crippen LogP contribution in [0, 0.1) is 0 Å². The Balaban J connectivity index is 2.45. The maximum atomic E-state index is 12.5. The van der Waals surface area contributed by atoms with Gasteiger partial charge in [-0.15, -0.1) is 0 Å². The summed E-state index contributed by atoms with van der Waals surface area (Å²) < 4.78 is 18.1. The van der Waals surface area contributed by atoms with Crippen LogP contribution in [0.4, 0.5) is 5.69 Å². The van der Waals surface area contributed by atoms with E-state index in [4.69, 9.17) is 14.2 Å². The average Bonchev–Trinajstić information content (AvgIpc) is 2.59. The monoisotopic (exact) mass is 505 g/mol. The Kier molecular flexibility index (Phi) is 10.7. The molecule has 0 aliphatic rings. The minimum absolute atomic E-state index is 0.0787. The van der Waals surface area contributed by atoms with Gasteiger partial charge in [0.05, 0.1) is 31.5 Å². The van der Waals surface area contributed by atoms with Crippen molar-refractivity contribution in [3.05, 3.63) is 21.0 Å². The highest BCUT2D eigenvalue weighted by atomic mass is 79.9. The molecular formula is C20H36BrN3O5Si. The number of carbonyl (C=O) groups excluding carboxylic acids is 1. The van der Waals surface area contributed by atoms with E-state index in [2.05, 4.69) is 46.0 Å². The zero-order valence-corrected chi connectivity index (χ0v) is 21.8. The van der Waals surface area contributed by atoms with E-state index in [9.17, 15) is 9.59 Å². The van der Waals surface area contributed by atoms with Crippen molar-refractivity contribution in [1.82, 2.24) is 9.78 Å². The van der Waals surface area contributed by atoms with Crippen LogP contribution in [0.1, 0.15) is 34.1 Å². The van der Waals surface area contributed by atoms with Gasteiger partial charge in [0, 0.05) is 20.7 Å². The molecule has 0 saturated heterocycles. The predicted octanol–water partition coefficient (Wildman–Crippen LogP) is 3.87. The number of nitrogens with zero attached hydrogens (tertiary/aromatic N) is 2. The summed E-state index contributed by atoms with van der Waals surface area (Å²) in [6, 6.07) is 0.957. The highest BCUT2D eigenvalue weighted by Crippen LogP contribution is 2.17. The highest BCUT2D eigenvalue weighted by molar-refractivity contribution is 9.10. The second-order valence-corrected chi connectivity index (χ2v) is 15.9. The number of ether oxygens (including phenoxy) is 3. The largest absolute Gasteiger partial charge is 0.460 e. The number of hydrogen-bond donors (Lipinski definition) is 1. The van der Waals surface area contributed by atoms with Crippen LogP contribution in [-0.2, 0) is 25.7 Å². The van der Waals surface area contributed by atoms with E-state index < -0.39 is 13.7 Å². The first-order valence-electron chi connectivity index (χ1n) is 10.2. The van der Waals surface area contributed by atoms with Gasteiger partial charge < -0.3 is 19.5 Å². The summed E-state index contributed by atoms with van der Waals surface area (Å²) >= 11 is 3.34. The van der Waals surface area contributed by atoms with Crippen molar-refractivity contribution < 1.29 is 19.0 Å². The fraction of sp³-hybridized carbons (Fsp3) is 0.750. The van der Waals surface area contributed by atoms with E-state index in [0.717, 1.165) is 6.04 Å². The molecular weight excluding hydrogens is 470 g/mol. The SMILES string of the molecule is CC(COCCC(=O)OC(C)(C)C)Nc1cnn(COCC[Si](C)(C)C)c(=O)c1Br. The molecule has 1 heterocycles. The highest BCUT2D eigenvalue weighted by Gasteiger charge is 2.16. The number of anilines is 1. The Morgan fingerprint density at radius 1 is 1.27 bits per heavy atom. The van der Waals surface area contributed by atoms with Crippen molar-refractivity contribution in [2.75, 3.05) is 25.1 Å². The number of aromatic nitrogens is 2. The number of nitrogens with one attached hydrogen (secondary N) is 1. The maximum absolute atomic E-state index is 12.5. The van der Waals surface area contributed by atoms with Crippen LogP contribution < -0.4 is 10.9 Å². The number of esters is 1. The molecule has 1 N–H and O–H groups in total. The van der Waals surface area contributed by atoms with Gasteiger partial charge in [0.15, 0.2) is 0 Å². The molecule has 0 aliphatic carbocycles. The smallest absolute Gasteiger partial charge is 0.308 e. The van der Waals surface area contributed by atoms with Gasteiger partial charge in [-0.05, 0) is 49.7 Å². The first-order chi connectivity index (χ1) is 13.8. The van der Waals surface area contributed by atoms with Crippen LogP contribution >= 0.6 is 15.9 Å². The Labute approximate surface area is 188 Å². The van der Waals surface area contributed by atoms with Gasteiger partial charge in [-0.1, -0.05) is 19.6 Å². The Morgan fingerprint density at radius 3 is 2.53 bits per heavy atom. The topological polar surface area (TPSA) is 91.7 Å². The Morgan fingerprint density at radius 2 is 1.93 bits per heavy atom. The van der Waals surface area contributed by atoms with E-state index in [1.807, 2.05) is 27.7 Å². The average molecular weight is 507 g/mol. The van der Waals surface area contributed by atoms with Gasteiger partial charge in [0.1, 0.15) is 16.8 Å². The molecule has 0 aromatic carbocycles. The summed E-state index contributed by atoms with van der Waals surface area (Å²) in [6.45, 7) is 15.6. The van der Waals surface area contributed by atoms with Crippen molar-refractivity contribution in [2.24, 2.45) is 0 Å². The quantitative estimate of drug-likeness (QED) is 0.261. The molecule has 0 saturated carbocycles. The molecule has 0 aliphatic heterocycles. The zero-order valence-electron chi connectivity index (χ0n) is 19.2. The number of halogens is 1. The molecule has 0 radical (unpaired) electrons. The van der Waals surface area contributed by atoms with Gasteiger partial charge in [-0.3, -0.25) is 9.59 Å². The first kappa shape index (κ1) is 26.8. The van der Waals surface area contributed by atoms with Crippen molar-refractivity contribution in [3.63, 3.8) is 0 Å². The predicted molar refractivity (Wildman–Crippen MR) is 125 cm³/mol. The van der Waals surface area contributed by atoms with Crippen LogP contribution in [0.2, 0.25) is 25.7 Å². The number of carbonyl (C=O) groups is 1. The first-order valence-corrected chi connectivity index (χ1v) is 14.7. The van der Waals surface area contributed by atoms with E-state index in [-0.39, 0.29) is 37.3 Å². The fourth-order valence-electron chi connectivity index (χ4n) is 2.30. The van der Waals surface area contributed by atoms with E-state index >= 15 is 0 Å². The third-order valence-electron chi connectivity index (χ3n) is 3.84. The van der Waals surface area contributed by atoms with E-state index in [1.165, 1.54) is 4.68 Å².